The first-order valence-corrected chi connectivity index (χ1v) is 5.46. The molecule has 0 saturated heterocycles. The van der Waals surface area contributed by atoms with Gasteiger partial charge in [0, 0.05) is 0 Å². The first kappa shape index (κ1) is 22.5. The molecule has 11 heavy (non-hydrogen) atoms. The largest absolute Gasteiger partial charge is 0.278 e. The molecule has 0 bridgehead atoms. The molecule has 0 spiro atoms. The van der Waals surface area contributed by atoms with Crippen molar-refractivity contribution in [1.29, 1.82) is 0 Å². The van der Waals surface area contributed by atoms with Crippen molar-refractivity contribution < 1.29 is 0 Å². The Balaban J connectivity index is -0.0000000315. The number of rotatable bonds is 1. The molecule has 2 heteroatoms. The molecule has 72 valence electrons. The molecular weight excluding hydrogens is 154 g/mol. The summed E-state index contributed by atoms with van der Waals surface area (Å²) in [4.78, 5) is 0. The van der Waals surface area contributed by atoms with Crippen LogP contribution in [-0.2, 0) is 0 Å². The van der Waals surface area contributed by atoms with E-state index in [2.05, 4.69) is 13.5 Å². The van der Waals surface area contributed by atoms with Crippen molar-refractivity contribution in [3.8, 4) is 0 Å². The number of allylic oxidation sites excluding steroid dienone is 1. The Bertz CT molecular complexity index is 30.7. The van der Waals surface area contributed by atoms with Gasteiger partial charge in [-0.05, 0) is 12.7 Å². The van der Waals surface area contributed by atoms with Crippen LogP contribution in [0.1, 0.15) is 41.0 Å². The van der Waals surface area contributed by atoms with Crippen LogP contribution in [0.25, 0.3) is 0 Å². The van der Waals surface area contributed by atoms with Crippen molar-refractivity contribution in [3.63, 3.8) is 0 Å². The van der Waals surface area contributed by atoms with Crippen LogP contribution in [0, 0.1) is 0 Å². The third kappa shape index (κ3) is 591. The number of nitrogens with two attached hydrogens (primary N) is 1. The van der Waals surface area contributed by atoms with Crippen LogP contribution in [0.4, 0.5) is 0 Å². The molecule has 0 aromatic rings. The zero-order chi connectivity index (χ0) is 10.1. The summed E-state index contributed by atoms with van der Waals surface area (Å²) in [5, 5.41) is 4.76. The normalized spacial score (nSPS) is 5.00. The van der Waals surface area contributed by atoms with Crippen LogP contribution < -0.4 is 5.14 Å². The lowest BCUT2D eigenvalue weighted by Crippen LogP contribution is -1.64. The predicted molar refractivity (Wildman–Crippen MR) is 60.9 cm³/mol. The fraction of sp³-hybridized carbons (Fsp3) is 0.778. The first-order valence-electron chi connectivity index (χ1n) is 4.17. The second-order valence-electron chi connectivity index (χ2n) is 0.933. The zero-order valence-corrected chi connectivity index (χ0v) is 9.79. The molecule has 0 aromatic carbocycles. The Morgan fingerprint density at radius 1 is 1.27 bits per heavy atom. The van der Waals surface area contributed by atoms with E-state index in [9.17, 15) is 0 Å². The standard InChI is InChI=1S/C4H8.2C2H6.CH5NS/c1-3-4-2;2*1-2;1-3-2/h3H,1,4H2,2H3;2*1-2H3;2H2,1H3. The maximum Gasteiger partial charge on any atom is -0.00394 e. The van der Waals surface area contributed by atoms with E-state index in [0.717, 1.165) is 6.42 Å². The maximum absolute atomic E-state index is 4.76. The second kappa shape index (κ2) is 88.5. The summed E-state index contributed by atoms with van der Waals surface area (Å²) in [5.74, 6) is 0. The smallest absolute Gasteiger partial charge is 0.00394 e. The molecular formula is C9H25NS. The zero-order valence-electron chi connectivity index (χ0n) is 8.98. The van der Waals surface area contributed by atoms with E-state index in [1.54, 1.807) is 0 Å². The van der Waals surface area contributed by atoms with Crippen LogP contribution in [0.5, 0.6) is 0 Å². The minimum Gasteiger partial charge on any atom is -0.278 e. The molecule has 0 atom stereocenters. The third-order valence-electron chi connectivity index (χ3n) is 0.289. The van der Waals surface area contributed by atoms with E-state index in [-0.39, 0.29) is 0 Å². The van der Waals surface area contributed by atoms with Gasteiger partial charge in [0.15, 0.2) is 0 Å². The fourth-order valence-electron chi connectivity index (χ4n) is 0. The molecule has 0 aliphatic rings. The summed E-state index contributed by atoms with van der Waals surface area (Å²) in [5.41, 5.74) is 0. The molecule has 0 rings (SSSR count). The molecule has 1 nitrogen and oxygen atoms in total. The number of hydrogen-bond acceptors (Lipinski definition) is 2. The van der Waals surface area contributed by atoms with Gasteiger partial charge in [-0.15, -0.1) is 6.58 Å². The molecule has 0 aliphatic heterocycles. The van der Waals surface area contributed by atoms with Gasteiger partial charge in [-0.25, -0.2) is 0 Å². The maximum atomic E-state index is 4.76. The summed E-state index contributed by atoms with van der Waals surface area (Å²) in [6.07, 6.45) is 4.78. The van der Waals surface area contributed by atoms with Gasteiger partial charge >= 0.3 is 0 Å². The third-order valence-corrected chi connectivity index (χ3v) is 0.289. The number of hydrogen-bond donors (Lipinski definition) is 1. The minimum absolute atomic E-state index is 1.08. The lowest BCUT2D eigenvalue weighted by molar-refractivity contribution is 1.23. The van der Waals surface area contributed by atoms with E-state index in [1.165, 1.54) is 11.9 Å². The molecule has 0 unspecified atom stereocenters. The van der Waals surface area contributed by atoms with Crippen molar-refractivity contribution in [3.05, 3.63) is 12.7 Å². The van der Waals surface area contributed by atoms with Gasteiger partial charge in [-0.3, -0.25) is 5.14 Å². The molecule has 0 amide bonds. The molecule has 0 aromatic heterocycles. The van der Waals surface area contributed by atoms with Crippen molar-refractivity contribution >= 4 is 11.9 Å². The average molecular weight is 179 g/mol. The highest BCUT2D eigenvalue weighted by Gasteiger charge is 1.45. The highest BCUT2D eigenvalue weighted by Crippen LogP contribution is 1.66. The van der Waals surface area contributed by atoms with E-state index in [4.69, 9.17) is 5.14 Å². The predicted octanol–water partition coefficient (Wildman–Crippen LogP) is 3.86. The van der Waals surface area contributed by atoms with Gasteiger partial charge in [-0.2, -0.15) is 0 Å². The lowest BCUT2D eigenvalue weighted by Gasteiger charge is -1.57. The minimum atomic E-state index is 1.08. The van der Waals surface area contributed by atoms with Gasteiger partial charge in [0.25, 0.3) is 0 Å². The van der Waals surface area contributed by atoms with E-state index in [0.29, 0.717) is 0 Å². The summed E-state index contributed by atoms with van der Waals surface area (Å²) in [6.45, 7) is 13.5. The van der Waals surface area contributed by atoms with Crippen molar-refractivity contribution in [2.24, 2.45) is 5.14 Å². The van der Waals surface area contributed by atoms with E-state index in [1.807, 2.05) is 40.0 Å². The molecule has 0 saturated carbocycles. The first-order chi connectivity index (χ1) is 5.33. The van der Waals surface area contributed by atoms with Gasteiger partial charge < -0.3 is 0 Å². The van der Waals surface area contributed by atoms with Crippen LogP contribution in [0.3, 0.4) is 0 Å². The summed E-state index contributed by atoms with van der Waals surface area (Å²) in [7, 11) is 0. The van der Waals surface area contributed by atoms with Gasteiger partial charge in [0.2, 0.25) is 0 Å². The average Bonchev–Trinajstić information content (AvgIpc) is 2.12. The van der Waals surface area contributed by atoms with Crippen molar-refractivity contribution in [1.82, 2.24) is 0 Å². The summed E-state index contributed by atoms with van der Waals surface area (Å²) in [6, 6.07) is 0. The Hall–Kier alpha value is 0.0500. The van der Waals surface area contributed by atoms with Crippen LogP contribution >= 0.6 is 11.9 Å². The second-order valence-corrected chi connectivity index (χ2v) is 1.40. The van der Waals surface area contributed by atoms with E-state index >= 15 is 0 Å². The Morgan fingerprint density at radius 2 is 1.36 bits per heavy atom. The molecule has 2 N–H and O–H groups in total. The van der Waals surface area contributed by atoms with Crippen LogP contribution in [0.2, 0.25) is 0 Å². The van der Waals surface area contributed by atoms with Crippen LogP contribution in [0.15, 0.2) is 12.7 Å². The molecule has 0 radical (unpaired) electrons. The Kier molecular flexibility index (Phi) is 181. The fourth-order valence-corrected chi connectivity index (χ4v) is 0. The summed E-state index contributed by atoms with van der Waals surface area (Å²) >= 11 is 1.25. The molecule has 0 aliphatic carbocycles. The lowest BCUT2D eigenvalue weighted by atomic mass is 10.5. The Labute approximate surface area is 77.6 Å². The van der Waals surface area contributed by atoms with Crippen LogP contribution in [-0.4, -0.2) is 6.26 Å². The van der Waals surface area contributed by atoms with Gasteiger partial charge in [0.1, 0.15) is 0 Å². The highest BCUT2D eigenvalue weighted by molar-refractivity contribution is 7.96. The topological polar surface area (TPSA) is 26.0 Å². The monoisotopic (exact) mass is 179 g/mol. The highest BCUT2D eigenvalue weighted by atomic mass is 32.2. The Morgan fingerprint density at radius 3 is 1.36 bits per heavy atom. The molecule has 0 heterocycles. The van der Waals surface area contributed by atoms with Crippen molar-refractivity contribution in [2.75, 3.05) is 6.26 Å². The summed E-state index contributed by atoms with van der Waals surface area (Å²) < 4.78 is 0. The quantitative estimate of drug-likeness (QED) is 0.488. The van der Waals surface area contributed by atoms with Crippen molar-refractivity contribution in [2.45, 2.75) is 41.0 Å². The van der Waals surface area contributed by atoms with Gasteiger partial charge in [-0.1, -0.05) is 52.6 Å². The van der Waals surface area contributed by atoms with E-state index < -0.39 is 0 Å². The molecule has 0 fully saturated rings. The van der Waals surface area contributed by atoms with Gasteiger partial charge in [0.05, 0.1) is 0 Å². The SMILES string of the molecule is C=CCC.CC.CC.CSN.